The fourth-order valence-electron chi connectivity index (χ4n) is 6.35. The van der Waals surface area contributed by atoms with Gasteiger partial charge in [-0.3, -0.25) is 9.59 Å². The minimum absolute atomic E-state index is 0.0107. The van der Waals surface area contributed by atoms with Gasteiger partial charge in [0, 0.05) is 37.7 Å². The predicted molar refractivity (Wildman–Crippen MR) is 170 cm³/mol. The van der Waals surface area contributed by atoms with Crippen molar-refractivity contribution in [1.29, 1.82) is 0 Å². The lowest BCUT2D eigenvalue weighted by atomic mass is 9.60. The van der Waals surface area contributed by atoms with Gasteiger partial charge in [0.2, 0.25) is 0 Å². The number of methoxy groups -OCH3 is 1. The number of carbonyl (C=O) groups excluding carboxylic acids is 2. The van der Waals surface area contributed by atoms with Gasteiger partial charge < -0.3 is 25.0 Å². The number of ether oxygens (including phenoxy) is 1. The van der Waals surface area contributed by atoms with Crippen molar-refractivity contribution in [3.8, 4) is 16.9 Å². The Labute approximate surface area is 260 Å². The van der Waals surface area contributed by atoms with Crippen molar-refractivity contribution in [3.63, 3.8) is 0 Å². The van der Waals surface area contributed by atoms with Gasteiger partial charge in [-0.1, -0.05) is 56.3 Å². The Morgan fingerprint density at radius 1 is 0.822 bits per heavy atom. The first-order valence-corrected chi connectivity index (χ1v) is 14.6. The average molecular weight is 610 g/mol. The number of phenolic OH excluding ortho intramolecular Hbond substituents is 1. The zero-order valence-corrected chi connectivity index (χ0v) is 25.4. The third-order valence-electron chi connectivity index (χ3n) is 8.61. The summed E-state index contributed by atoms with van der Waals surface area (Å²) in [7, 11) is 1.65. The molecule has 1 aliphatic carbocycles. The largest absolute Gasteiger partial charge is 0.507 e. The quantitative estimate of drug-likeness (QED) is 0.225. The number of carbonyl (C=O) groups is 4. The average Bonchev–Trinajstić information content (AvgIpc) is 3.00. The van der Waals surface area contributed by atoms with Crippen LogP contribution in [0.2, 0.25) is 0 Å². The zero-order chi connectivity index (χ0) is 32.5. The van der Waals surface area contributed by atoms with Gasteiger partial charge in [-0.05, 0) is 70.1 Å². The molecule has 0 amide bonds. The first kappa shape index (κ1) is 31.4. The number of aromatic carboxylic acids is 2. The molecule has 0 unspecified atom stereocenters. The molecule has 2 aliphatic rings. The number of ketones is 2. The molecule has 9 heteroatoms. The lowest BCUT2D eigenvalue weighted by Gasteiger charge is -2.47. The molecular formula is C36H35NO8. The molecule has 4 aromatic carbocycles. The minimum atomic E-state index is -1.12. The van der Waals surface area contributed by atoms with Crippen molar-refractivity contribution < 1.29 is 39.2 Å². The molecule has 0 bridgehead atoms. The highest BCUT2D eigenvalue weighted by atomic mass is 16.5. The number of hydrogen-bond acceptors (Lipinski definition) is 7. The molecule has 6 rings (SSSR count). The molecule has 0 saturated heterocycles. The van der Waals surface area contributed by atoms with Crippen LogP contribution in [0, 0.1) is 10.8 Å². The summed E-state index contributed by atoms with van der Waals surface area (Å²) in [5.41, 5.74) is 2.17. The van der Waals surface area contributed by atoms with Crippen LogP contribution in [-0.4, -0.2) is 59.2 Å². The van der Waals surface area contributed by atoms with Crippen LogP contribution in [-0.2, 0) is 20.7 Å². The van der Waals surface area contributed by atoms with Crippen molar-refractivity contribution in [2.45, 2.75) is 33.1 Å². The van der Waals surface area contributed by atoms with Gasteiger partial charge in [-0.25, -0.2) is 9.59 Å². The maximum Gasteiger partial charge on any atom is 0.335 e. The summed E-state index contributed by atoms with van der Waals surface area (Å²) in [6.07, 6.45) is 1.41. The smallest absolute Gasteiger partial charge is 0.335 e. The van der Waals surface area contributed by atoms with Gasteiger partial charge in [-0.15, -0.1) is 0 Å². The maximum atomic E-state index is 13.2. The van der Waals surface area contributed by atoms with Crippen molar-refractivity contribution in [2.75, 3.05) is 25.3 Å². The fourth-order valence-corrected chi connectivity index (χ4v) is 6.35. The molecule has 0 radical (unpaired) electrons. The predicted octanol–water partition coefficient (Wildman–Crippen LogP) is 6.21. The van der Waals surface area contributed by atoms with E-state index in [0.29, 0.717) is 43.7 Å². The number of Topliss-reactive ketones (excluding diaryl/α,β-unsaturated/α-hetero) is 2. The Morgan fingerprint density at radius 2 is 1.44 bits per heavy atom. The molecule has 0 aromatic heterocycles. The second-order valence-corrected chi connectivity index (χ2v) is 12.4. The topological polar surface area (TPSA) is 141 Å². The van der Waals surface area contributed by atoms with Gasteiger partial charge >= 0.3 is 11.9 Å². The van der Waals surface area contributed by atoms with Gasteiger partial charge in [0.25, 0.3) is 0 Å². The van der Waals surface area contributed by atoms with Gasteiger partial charge in [0.15, 0.2) is 0 Å². The van der Waals surface area contributed by atoms with E-state index in [1.54, 1.807) is 19.2 Å². The molecule has 1 saturated carbocycles. The van der Waals surface area contributed by atoms with E-state index >= 15 is 0 Å². The molecule has 1 fully saturated rings. The number of hydrogen-bond donors (Lipinski definition) is 3. The van der Waals surface area contributed by atoms with Gasteiger partial charge in [0.1, 0.15) is 29.5 Å². The number of rotatable bonds is 5. The molecule has 232 valence electrons. The number of aromatic hydroxyl groups is 1. The SMILES string of the molecule is COCN1CC2(Cc3c1ccc1ccccc31)C(=O)CC(C)(C)CC2=O.O=C(O)c1ccc(-c2ccc(C(=O)O)cc2O)cc1. The summed E-state index contributed by atoms with van der Waals surface area (Å²) < 4.78 is 5.40. The Bertz CT molecular complexity index is 1790. The molecule has 1 spiro atoms. The molecule has 1 aliphatic heterocycles. The molecule has 0 atom stereocenters. The third kappa shape index (κ3) is 6.17. The Hall–Kier alpha value is -5.02. The maximum absolute atomic E-state index is 13.2. The Balaban J connectivity index is 0.000000187. The Kier molecular flexibility index (Phi) is 8.49. The summed E-state index contributed by atoms with van der Waals surface area (Å²) in [4.78, 5) is 49.9. The number of anilines is 1. The van der Waals surface area contributed by atoms with Crippen molar-refractivity contribution in [2.24, 2.45) is 10.8 Å². The number of fused-ring (bicyclic) bond motifs is 3. The number of phenols is 1. The van der Waals surface area contributed by atoms with Crippen LogP contribution in [0.15, 0.2) is 78.9 Å². The van der Waals surface area contributed by atoms with Gasteiger partial charge in [-0.2, -0.15) is 0 Å². The number of carboxylic acids is 2. The minimum Gasteiger partial charge on any atom is -0.507 e. The van der Waals surface area contributed by atoms with Crippen molar-refractivity contribution in [3.05, 3.63) is 95.6 Å². The summed E-state index contributed by atoms with van der Waals surface area (Å²) >= 11 is 0. The van der Waals surface area contributed by atoms with E-state index < -0.39 is 17.4 Å². The second kappa shape index (κ2) is 12.2. The summed E-state index contributed by atoms with van der Waals surface area (Å²) in [5, 5.41) is 29.6. The highest BCUT2D eigenvalue weighted by molar-refractivity contribution is 6.11. The first-order valence-electron chi connectivity index (χ1n) is 14.6. The van der Waals surface area contributed by atoms with Crippen LogP contribution in [0.5, 0.6) is 5.75 Å². The lowest BCUT2D eigenvalue weighted by molar-refractivity contribution is -0.148. The van der Waals surface area contributed by atoms with E-state index in [1.807, 2.05) is 26.0 Å². The van der Waals surface area contributed by atoms with Crippen LogP contribution in [0.3, 0.4) is 0 Å². The van der Waals surface area contributed by atoms with E-state index in [-0.39, 0.29) is 33.9 Å². The van der Waals surface area contributed by atoms with E-state index in [2.05, 4.69) is 29.2 Å². The molecule has 4 aromatic rings. The van der Waals surface area contributed by atoms with Crippen molar-refractivity contribution >= 4 is 40.0 Å². The number of nitrogens with zero attached hydrogens (tertiary/aromatic N) is 1. The summed E-state index contributed by atoms with van der Waals surface area (Å²) in [6.45, 7) is 4.81. The lowest BCUT2D eigenvalue weighted by Crippen LogP contribution is -2.57. The van der Waals surface area contributed by atoms with E-state index in [4.69, 9.17) is 14.9 Å². The molecule has 1 heterocycles. The van der Waals surface area contributed by atoms with Crippen LogP contribution >= 0.6 is 0 Å². The normalized spacial score (nSPS) is 16.6. The molecule has 9 nitrogen and oxygen atoms in total. The molecule has 45 heavy (non-hydrogen) atoms. The van der Waals surface area contributed by atoms with Crippen molar-refractivity contribution in [1.82, 2.24) is 0 Å². The van der Waals surface area contributed by atoms with Crippen LogP contribution in [0.25, 0.3) is 21.9 Å². The monoisotopic (exact) mass is 609 g/mol. The number of carboxylic acid groups (broad SMARTS) is 2. The van der Waals surface area contributed by atoms with Crippen LogP contribution in [0.1, 0.15) is 53.0 Å². The van der Waals surface area contributed by atoms with E-state index in [9.17, 15) is 24.3 Å². The van der Waals surface area contributed by atoms with Crippen LogP contribution in [0.4, 0.5) is 5.69 Å². The number of benzene rings is 4. The highest BCUT2D eigenvalue weighted by Crippen LogP contribution is 2.48. The highest BCUT2D eigenvalue weighted by Gasteiger charge is 2.54. The summed E-state index contributed by atoms with van der Waals surface area (Å²) in [6, 6.07) is 22.3. The summed E-state index contributed by atoms with van der Waals surface area (Å²) in [5.74, 6) is -2.15. The fraction of sp³-hybridized carbons (Fsp3) is 0.278. The standard InChI is InChI=1S/C22H25NO3.C14H10O5/c1-21(2)11-19(24)22(20(25)12-21)10-17-16-7-5-4-6-15(16)8-9-18(17)23(13-22)14-26-3;15-12-7-10(14(18)19)5-6-11(12)8-1-3-9(4-2-8)13(16)17/h4-9H,10-14H2,1-3H3;1-7,15H,(H,16,17)(H,18,19). The molecule has 3 N–H and O–H groups in total. The first-order chi connectivity index (χ1) is 21.3. The Morgan fingerprint density at radius 3 is 2.04 bits per heavy atom. The third-order valence-corrected chi connectivity index (χ3v) is 8.61. The van der Waals surface area contributed by atoms with Crippen LogP contribution < -0.4 is 4.90 Å². The van der Waals surface area contributed by atoms with Gasteiger partial charge in [0.05, 0.1) is 11.1 Å². The van der Waals surface area contributed by atoms with E-state index in [1.165, 1.54) is 24.3 Å². The van der Waals surface area contributed by atoms with E-state index in [0.717, 1.165) is 28.1 Å². The zero-order valence-electron chi connectivity index (χ0n) is 25.4. The molecular weight excluding hydrogens is 574 g/mol. The second-order valence-electron chi connectivity index (χ2n) is 12.4.